The highest BCUT2D eigenvalue weighted by Gasteiger charge is 2.22. The number of fused-ring (bicyclic) bond motifs is 1. The highest BCUT2D eigenvalue weighted by atomic mass is 35.5. The van der Waals surface area contributed by atoms with Crippen LogP contribution in [0.4, 0.5) is 0 Å². The van der Waals surface area contributed by atoms with E-state index in [1.807, 2.05) is 42.6 Å². The molecule has 1 aromatic heterocycles. The number of amides is 1. The van der Waals surface area contributed by atoms with Gasteiger partial charge in [0.1, 0.15) is 4.32 Å². The summed E-state index contributed by atoms with van der Waals surface area (Å²) in [5, 5.41) is 4.80. The molecule has 0 atom stereocenters. The summed E-state index contributed by atoms with van der Waals surface area (Å²) in [6.07, 6.45) is 3.92. The van der Waals surface area contributed by atoms with Gasteiger partial charge in [0, 0.05) is 29.2 Å². The Morgan fingerprint density at radius 1 is 1.15 bits per heavy atom. The van der Waals surface area contributed by atoms with Crippen molar-refractivity contribution in [3.63, 3.8) is 0 Å². The third-order valence-corrected chi connectivity index (χ3v) is 5.99. The zero-order valence-electron chi connectivity index (χ0n) is 13.3. The first-order chi connectivity index (χ1) is 12.5. The molecule has 0 spiro atoms. The van der Waals surface area contributed by atoms with E-state index in [9.17, 15) is 4.79 Å². The number of carbonyl (C=O) groups is 1. The van der Waals surface area contributed by atoms with E-state index in [1.165, 1.54) is 11.8 Å². The van der Waals surface area contributed by atoms with Gasteiger partial charge in [0.15, 0.2) is 0 Å². The molecule has 0 bridgehead atoms. The lowest BCUT2D eigenvalue weighted by Gasteiger charge is -2.06. The zero-order chi connectivity index (χ0) is 18.3. The number of thioether (sulfide) groups is 1. The Bertz CT molecular complexity index is 1090. The summed E-state index contributed by atoms with van der Waals surface area (Å²) < 4.78 is 2.62. The molecule has 0 aliphatic carbocycles. The van der Waals surface area contributed by atoms with E-state index in [1.54, 1.807) is 6.07 Å². The molecule has 3 nitrogen and oxygen atoms in total. The molecule has 0 unspecified atom stereocenters. The molecule has 26 heavy (non-hydrogen) atoms. The molecule has 1 amide bonds. The first-order valence-electron chi connectivity index (χ1n) is 7.78. The molecule has 1 aliphatic rings. The van der Waals surface area contributed by atoms with Gasteiger partial charge in [0.05, 0.1) is 15.0 Å². The number of nitrogens with zero attached hydrogens (tertiary/aromatic N) is 1. The molecule has 1 saturated heterocycles. The second-order valence-corrected chi connectivity index (χ2v) is 8.36. The Labute approximate surface area is 170 Å². The van der Waals surface area contributed by atoms with Gasteiger partial charge in [-0.2, -0.15) is 0 Å². The Kier molecular flexibility index (Phi) is 4.80. The number of thiocarbonyl (C=S) groups is 1. The number of hydrogen-bond acceptors (Lipinski definition) is 3. The average Bonchev–Trinajstić information content (AvgIpc) is 3.11. The lowest BCUT2D eigenvalue weighted by Crippen LogP contribution is -2.17. The molecular weight excluding hydrogens is 407 g/mol. The summed E-state index contributed by atoms with van der Waals surface area (Å²) in [6, 6.07) is 13.7. The van der Waals surface area contributed by atoms with Crippen LogP contribution >= 0.6 is 47.2 Å². The fraction of sp³-hybridized carbons (Fsp3) is 0.0526. The van der Waals surface area contributed by atoms with Crippen molar-refractivity contribution >= 4 is 74.4 Å². The van der Waals surface area contributed by atoms with Gasteiger partial charge in [-0.1, -0.05) is 71.4 Å². The Balaban J connectivity index is 1.77. The van der Waals surface area contributed by atoms with Crippen LogP contribution in [0.25, 0.3) is 17.0 Å². The van der Waals surface area contributed by atoms with E-state index in [-0.39, 0.29) is 5.91 Å². The van der Waals surface area contributed by atoms with Gasteiger partial charge < -0.3 is 9.88 Å². The van der Waals surface area contributed by atoms with Crippen molar-refractivity contribution in [2.75, 3.05) is 0 Å². The normalized spacial score (nSPS) is 15.8. The topological polar surface area (TPSA) is 34.0 Å². The second-order valence-electron chi connectivity index (χ2n) is 5.83. The van der Waals surface area contributed by atoms with Crippen molar-refractivity contribution in [2.45, 2.75) is 6.54 Å². The van der Waals surface area contributed by atoms with Crippen LogP contribution in [0.3, 0.4) is 0 Å². The molecular formula is C19H12Cl2N2OS2. The molecule has 0 radical (unpaired) electrons. The van der Waals surface area contributed by atoms with Crippen LogP contribution in [-0.2, 0) is 11.3 Å². The summed E-state index contributed by atoms with van der Waals surface area (Å²) in [5.41, 5.74) is 3.10. The first-order valence-corrected chi connectivity index (χ1v) is 9.76. The number of halogens is 2. The molecule has 1 aliphatic heterocycles. The predicted molar refractivity (Wildman–Crippen MR) is 114 cm³/mol. The SMILES string of the molecule is O=C1NC(=S)S/C1=C\c1cn(Cc2ccc(Cl)c(Cl)c2)c2ccccc12. The molecule has 7 heteroatoms. The van der Waals surface area contributed by atoms with Crippen molar-refractivity contribution in [3.05, 3.63) is 74.7 Å². The third-order valence-electron chi connectivity index (χ3n) is 4.08. The lowest BCUT2D eigenvalue weighted by molar-refractivity contribution is -0.115. The van der Waals surface area contributed by atoms with Crippen LogP contribution in [0.15, 0.2) is 53.6 Å². The van der Waals surface area contributed by atoms with Crippen molar-refractivity contribution in [2.24, 2.45) is 0 Å². The van der Waals surface area contributed by atoms with E-state index in [4.69, 9.17) is 35.4 Å². The van der Waals surface area contributed by atoms with Crippen molar-refractivity contribution < 1.29 is 4.79 Å². The van der Waals surface area contributed by atoms with Crippen molar-refractivity contribution in [1.82, 2.24) is 9.88 Å². The quantitative estimate of drug-likeness (QED) is 0.451. The monoisotopic (exact) mass is 418 g/mol. The highest BCUT2D eigenvalue weighted by Crippen LogP contribution is 2.30. The molecule has 1 fully saturated rings. The van der Waals surface area contributed by atoms with E-state index in [0.29, 0.717) is 25.8 Å². The third kappa shape index (κ3) is 3.40. The van der Waals surface area contributed by atoms with Gasteiger partial charge >= 0.3 is 0 Å². The largest absolute Gasteiger partial charge is 0.342 e. The average molecular weight is 419 g/mol. The van der Waals surface area contributed by atoms with Crippen LogP contribution in [0.2, 0.25) is 10.0 Å². The smallest absolute Gasteiger partial charge is 0.263 e. The van der Waals surface area contributed by atoms with Crippen LogP contribution in [0.1, 0.15) is 11.1 Å². The minimum atomic E-state index is -0.152. The number of carbonyl (C=O) groups excluding carboxylic acids is 1. The van der Waals surface area contributed by atoms with Crippen LogP contribution in [0.5, 0.6) is 0 Å². The number of nitrogens with one attached hydrogen (secondary N) is 1. The number of rotatable bonds is 3. The standard InChI is InChI=1S/C19H12Cl2N2OS2/c20-14-6-5-11(7-15(14)21)9-23-10-12(13-3-1-2-4-16(13)23)8-17-18(24)22-19(25)26-17/h1-8,10H,9H2,(H,22,24,25)/b17-8-. The summed E-state index contributed by atoms with van der Waals surface area (Å²) in [6.45, 7) is 0.651. The predicted octanol–water partition coefficient (Wildman–Crippen LogP) is 5.49. The fourth-order valence-electron chi connectivity index (χ4n) is 2.92. The molecule has 1 N–H and O–H groups in total. The Hall–Kier alpha value is -1.79. The van der Waals surface area contributed by atoms with Gasteiger partial charge in [0.2, 0.25) is 0 Å². The lowest BCUT2D eigenvalue weighted by atomic mass is 10.1. The number of benzene rings is 2. The first kappa shape index (κ1) is 17.6. The summed E-state index contributed by atoms with van der Waals surface area (Å²) >= 11 is 18.5. The van der Waals surface area contributed by atoms with Gasteiger partial charge in [0.25, 0.3) is 5.91 Å². The minimum absolute atomic E-state index is 0.152. The molecule has 0 saturated carbocycles. The maximum atomic E-state index is 12.0. The number of aromatic nitrogens is 1. The molecule has 130 valence electrons. The zero-order valence-corrected chi connectivity index (χ0v) is 16.5. The summed E-state index contributed by atoms with van der Waals surface area (Å²) in [7, 11) is 0. The van der Waals surface area contributed by atoms with Crippen LogP contribution in [-0.4, -0.2) is 14.8 Å². The van der Waals surface area contributed by atoms with Crippen LogP contribution < -0.4 is 5.32 Å². The molecule has 2 heterocycles. The minimum Gasteiger partial charge on any atom is -0.342 e. The number of para-hydroxylation sites is 1. The highest BCUT2D eigenvalue weighted by molar-refractivity contribution is 8.26. The Morgan fingerprint density at radius 2 is 1.96 bits per heavy atom. The number of hydrogen-bond donors (Lipinski definition) is 1. The van der Waals surface area contributed by atoms with E-state index in [2.05, 4.69) is 16.0 Å². The molecule has 4 rings (SSSR count). The molecule has 2 aromatic carbocycles. The van der Waals surface area contributed by atoms with Gasteiger partial charge in [-0.15, -0.1) is 0 Å². The summed E-state index contributed by atoms with van der Waals surface area (Å²) in [5.74, 6) is -0.152. The van der Waals surface area contributed by atoms with Crippen molar-refractivity contribution in [1.29, 1.82) is 0 Å². The second kappa shape index (κ2) is 7.08. The van der Waals surface area contributed by atoms with E-state index >= 15 is 0 Å². The Morgan fingerprint density at radius 3 is 2.69 bits per heavy atom. The van der Waals surface area contributed by atoms with Gasteiger partial charge in [-0.05, 0) is 29.8 Å². The maximum Gasteiger partial charge on any atom is 0.263 e. The molecule has 3 aromatic rings. The fourth-order valence-corrected chi connectivity index (χ4v) is 4.27. The summed E-state index contributed by atoms with van der Waals surface area (Å²) in [4.78, 5) is 12.6. The van der Waals surface area contributed by atoms with E-state index < -0.39 is 0 Å². The maximum absolute atomic E-state index is 12.0. The van der Waals surface area contributed by atoms with Crippen LogP contribution in [0, 0.1) is 0 Å². The van der Waals surface area contributed by atoms with Crippen molar-refractivity contribution in [3.8, 4) is 0 Å². The van der Waals surface area contributed by atoms with Gasteiger partial charge in [-0.3, -0.25) is 4.79 Å². The van der Waals surface area contributed by atoms with E-state index in [0.717, 1.165) is 22.0 Å². The van der Waals surface area contributed by atoms with Gasteiger partial charge in [-0.25, -0.2) is 0 Å².